The number of imidazole rings is 1. The van der Waals surface area contributed by atoms with E-state index in [1.807, 2.05) is 0 Å². The van der Waals surface area contributed by atoms with Gasteiger partial charge in [-0.05, 0) is 6.92 Å². The molecule has 1 aromatic rings. The molecule has 0 aliphatic carbocycles. The summed E-state index contributed by atoms with van der Waals surface area (Å²) in [6, 6.07) is 0. The summed E-state index contributed by atoms with van der Waals surface area (Å²) in [7, 11) is -3.15. The van der Waals surface area contributed by atoms with Crippen LogP contribution in [0.1, 0.15) is 5.69 Å². The lowest BCUT2D eigenvalue weighted by Gasteiger charge is -1.86. The molecule has 10 heavy (non-hydrogen) atoms. The van der Waals surface area contributed by atoms with Crippen LogP contribution < -0.4 is 0 Å². The minimum Gasteiger partial charge on any atom is -0.335 e. The molecule has 1 rings (SSSR count). The molecule has 0 spiro atoms. The van der Waals surface area contributed by atoms with Gasteiger partial charge in [0.1, 0.15) is 0 Å². The van der Waals surface area contributed by atoms with E-state index in [4.69, 9.17) is 0 Å². The Morgan fingerprint density at radius 1 is 1.60 bits per heavy atom. The van der Waals surface area contributed by atoms with Gasteiger partial charge in [0.25, 0.3) is 0 Å². The predicted molar refractivity (Wildman–Crippen MR) is 36.4 cm³/mol. The van der Waals surface area contributed by atoms with E-state index in [-0.39, 0.29) is 5.16 Å². The van der Waals surface area contributed by atoms with Crippen LogP contribution in [-0.4, -0.2) is 24.6 Å². The van der Waals surface area contributed by atoms with Crippen LogP contribution in [-0.2, 0) is 9.84 Å². The maximum atomic E-state index is 10.8. The molecule has 1 aromatic heterocycles. The van der Waals surface area contributed by atoms with Crippen molar-refractivity contribution < 1.29 is 8.42 Å². The second-order valence-electron chi connectivity index (χ2n) is 2.12. The molecule has 0 saturated carbocycles. The molecule has 0 unspecified atom stereocenters. The highest BCUT2D eigenvalue weighted by molar-refractivity contribution is 7.90. The van der Waals surface area contributed by atoms with Crippen LogP contribution in [0.25, 0.3) is 0 Å². The summed E-state index contributed by atoms with van der Waals surface area (Å²) in [5, 5.41) is 0.0324. The number of nitrogens with zero attached hydrogens (tertiary/aromatic N) is 1. The number of aromatic amines is 1. The molecule has 0 amide bonds. The van der Waals surface area contributed by atoms with Gasteiger partial charge in [-0.25, -0.2) is 13.4 Å². The molecule has 4 nitrogen and oxygen atoms in total. The van der Waals surface area contributed by atoms with E-state index in [1.165, 1.54) is 0 Å². The normalized spacial score (nSPS) is 11.8. The average molecular weight is 160 g/mol. The molecule has 0 aromatic carbocycles. The van der Waals surface area contributed by atoms with E-state index in [9.17, 15) is 8.42 Å². The van der Waals surface area contributed by atoms with Gasteiger partial charge in [0.2, 0.25) is 15.0 Å². The fraction of sp³-hybridized carbons (Fsp3) is 0.400. The van der Waals surface area contributed by atoms with Crippen LogP contribution >= 0.6 is 0 Å². The van der Waals surface area contributed by atoms with Crippen LogP contribution in [0.5, 0.6) is 0 Å². The fourth-order valence-corrected chi connectivity index (χ4v) is 1.16. The van der Waals surface area contributed by atoms with E-state index in [2.05, 4.69) is 9.97 Å². The van der Waals surface area contributed by atoms with Gasteiger partial charge in [-0.3, -0.25) is 0 Å². The van der Waals surface area contributed by atoms with Crippen molar-refractivity contribution >= 4 is 9.84 Å². The van der Waals surface area contributed by atoms with Crippen molar-refractivity contribution in [3.8, 4) is 0 Å². The Morgan fingerprint density at radius 2 is 2.20 bits per heavy atom. The third kappa shape index (κ3) is 1.36. The Balaban J connectivity index is 3.21. The fourth-order valence-electron chi connectivity index (χ4n) is 0.581. The topological polar surface area (TPSA) is 62.8 Å². The van der Waals surface area contributed by atoms with Gasteiger partial charge >= 0.3 is 0 Å². The Morgan fingerprint density at radius 3 is 2.40 bits per heavy atom. The molecule has 0 atom stereocenters. The largest absolute Gasteiger partial charge is 0.335 e. The van der Waals surface area contributed by atoms with Crippen LogP contribution in [0.4, 0.5) is 0 Å². The number of aromatic nitrogens is 2. The Labute approximate surface area is 59.2 Å². The quantitative estimate of drug-likeness (QED) is 0.634. The Kier molecular flexibility index (Phi) is 1.52. The van der Waals surface area contributed by atoms with Crippen LogP contribution in [0.2, 0.25) is 0 Å². The first kappa shape index (κ1) is 7.27. The third-order valence-electron chi connectivity index (χ3n) is 1.03. The molecular formula is C5H8N2O2S. The molecule has 1 heterocycles. The predicted octanol–water partition coefficient (Wildman–Crippen LogP) is 0.122. The first-order chi connectivity index (χ1) is 4.50. The van der Waals surface area contributed by atoms with E-state index in [0.717, 1.165) is 6.26 Å². The standard InChI is InChI=1S/C5H8N2O2S/c1-4-3-6-5(7-4)10(2,8)9/h3H,1-2H3,(H,6,7). The molecule has 1 N–H and O–H groups in total. The third-order valence-corrected chi connectivity index (χ3v) is 1.95. The zero-order valence-electron chi connectivity index (χ0n) is 5.75. The number of rotatable bonds is 1. The monoisotopic (exact) mass is 160 g/mol. The molecule has 0 radical (unpaired) electrons. The smallest absolute Gasteiger partial charge is 0.224 e. The number of aryl methyl sites for hydroxylation is 1. The molecule has 5 heteroatoms. The van der Waals surface area contributed by atoms with Crippen molar-refractivity contribution in [2.45, 2.75) is 12.1 Å². The minimum absolute atomic E-state index is 0.0324. The van der Waals surface area contributed by atoms with Gasteiger partial charge in [-0.2, -0.15) is 0 Å². The van der Waals surface area contributed by atoms with E-state index < -0.39 is 9.84 Å². The Hall–Kier alpha value is -0.840. The van der Waals surface area contributed by atoms with Crippen LogP contribution in [0.3, 0.4) is 0 Å². The number of H-pyrrole nitrogens is 1. The van der Waals surface area contributed by atoms with Crippen molar-refractivity contribution in [3.63, 3.8) is 0 Å². The number of hydrogen-bond donors (Lipinski definition) is 1. The van der Waals surface area contributed by atoms with Gasteiger partial charge in [0.15, 0.2) is 0 Å². The lowest BCUT2D eigenvalue weighted by molar-refractivity contribution is 0.594. The second-order valence-corrected chi connectivity index (χ2v) is 4.05. The molecule has 56 valence electrons. The molecular weight excluding hydrogens is 152 g/mol. The van der Waals surface area contributed by atoms with Crippen molar-refractivity contribution in [1.82, 2.24) is 9.97 Å². The highest BCUT2D eigenvalue weighted by atomic mass is 32.2. The number of nitrogens with one attached hydrogen (secondary N) is 1. The van der Waals surface area contributed by atoms with Crippen molar-refractivity contribution in [2.75, 3.05) is 6.26 Å². The van der Waals surface area contributed by atoms with Crippen LogP contribution in [0.15, 0.2) is 11.4 Å². The summed E-state index contributed by atoms with van der Waals surface area (Å²) < 4.78 is 21.5. The maximum absolute atomic E-state index is 10.8. The van der Waals surface area contributed by atoms with Gasteiger partial charge in [0.05, 0.1) is 5.69 Å². The summed E-state index contributed by atoms with van der Waals surface area (Å²) in [5.74, 6) is 0. The first-order valence-corrected chi connectivity index (χ1v) is 4.61. The minimum atomic E-state index is -3.15. The average Bonchev–Trinajstić information content (AvgIpc) is 2.11. The highest BCUT2D eigenvalue weighted by Crippen LogP contribution is 2.01. The van der Waals surface area contributed by atoms with Gasteiger partial charge in [0, 0.05) is 12.5 Å². The molecule has 0 aliphatic rings. The van der Waals surface area contributed by atoms with Crippen molar-refractivity contribution in [2.24, 2.45) is 0 Å². The molecule has 0 fully saturated rings. The SMILES string of the molecule is Cc1c[nH]c(S(C)(=O)=O)n1. The van der Waals surface area contributed by atoms with Crippen LogP contribution in [0, 0.1) is 6.92 Å². The summed E-state index contributed by atoms with van der Waals surface area (Å²) in [5.41, 5.74) is 0.681. The number of sulfone groups is 1. The summed E-state index contributed by atoms with van der Waals surface area (Å²) in [6.07, 6.45) is 2.67. The van der Waals surface area contributed by atoms with Gasteiger partial charge < -0.3 is 4.98 Å². The van der Waals surface area contributed by atoms with Gasteiger partial charge in [-0.1, -0.05) is 0 Å². The second kappa shape index (κ2) is 2.09. The van der Waals surface area contributed by atoms with Gasteiger partial charge in [-0.15, -0.1) is 0 Å². The van der Waals surface area contributed by atoms with E-state index in [0.29, 0.717) is 5.69 Å². The van der Waals surface area contributed by atoms with Crippen molar-refractivity contribution in [3.05, 3.63) is 11.9 Å². The van der Waals surface area contributed by atoms with Crippen molar-refractivity contribution in [1.29, 1.82) is 0 Å². The zero-order chi connectivity index (χ0) is 7.78. The maximum Gasteiger partial charge on any atom is 0.224 e. The Bertz CT molecular complexity index is 325. The van der Waals surface area contributed by atoms with E-state index >= 15 is 0 Å². The van der Waals surface area contributed by atoms with E-state index in [1.54, 1.807) is 13.1 Å². The molecule has 0 saturated heterocycles. The summed E-state index contributed by atoms with van der Waals surface area (Å²) >= 11 is 0. The zero-order valence-corrected chi connectivity index (χ0v) is 6.57. The summed E-state index contributed by atoms with van der Waals surface area (Å²) in [6.45, 7) is 1.73. The molecule has 0 aliphatic heterocycles. The lowest BCUT2D eigenvalue weighted by Crippen LogP contribution is -1.98. The summed E-state index contributed by atoms with van der Waals surface area (Å²) in [4.78, 5) is 6.28. The molecule has 0 bridgehead atoms. The lowest BCUT2D eigenvalue weighted by atomic mass is 10.6. The first-order valence-electron chi connectivity index (χ1n) is 2.72. The number of hydrogen-bond acceptors (Lipinski definition) is 3. The highest BCUT2D eigenvalue weighted by Gasteiger charge is 2.09.